The van der Waals surface area contributed by atoms with Crippen LogP contribution in [0.4, 0.5) is 5.95 Å². The topological polar surface area (TPSA) is 96.5 Å². The van der Waals surface area contributed by atoms with Crippen LogP contribution in [0.3, 0.4) is 0 Å². The van der Waals surface area contributed by atoms with E-state index in [1.54, 1.807) is 18.5 Å². The van der Waals surface area contributed by atoms with Gasteiger partial charge in [0.05, 0.1) is 16.8 Å². The molecule has 0 atom stereocenters. The molecular formula is C20H18N6O. The zero-order valence-electron chi connectivity index (χ0n) is 15.0. The lowest BCUT2D eigenvalue weighted by atomic mass is 10.0. The Hall–Kier alpha value is -3.61. The fraction of sp³-hybridized carbons (Fsp3) is 0.150. The first-order chi connectivity index (χ1) is 13.1. The fourth-order valence-corrected chi connectivity index (χ4v) is 2.78. The number of amides is 1. The van der Waals surface area contributed by atoms with E-state index in [1.807, 2.05) is 50.2 Å². The maximum atomic E-state index is 12.9. The first-order valence-electron chi connectivity index (χ1n) is 8.65. The molecule has 0 saturated heterocycles. The van der Waals surface area contributed by atoms with E-state index < -0.39 is 0 Å². The first-order valence-corrected chi connectivity index (χ1v) is 8.65. The number of carbonyl (C=O) groups excluding carboxylic acids is 1. The van der Waals surface area contributed by atoms with Gasteiger partial charge >= 0.3 is 0 Å². The Morgan fingerprint density at radius 3 is 2.70 bits per heavy atom. The molecule has 0 aliphatic rings. The minimum Gasteiger partial charge on any atom is -0.289 e. The van der Waals surface area contributed by atoms with Gasteiger partial charge in [0.1, 0.15) is 5.82 Å². The SMILES string of the molecule is CC(C)c1nc(NC(=O)c2cc(-c3cccnc3)nc3ccccc23)n[nH]1. The molecule has 7 heteroatoms. The highest BCUT2D eigenvalue weighted by atomic mass is 16.1. The summed E-state index contributed by atoms with van der Waals surface area (Å²) in [5.41, 5.74) is 2.78. The van der Waals surface area contributed by atoms with Crippen LogP contribution in [0.15, 0.2) is 54.9 Å². The normalized spacial score (nSPS) is 11.1. The van der Waals surface area contributed by atoms with Crippen molar-refractivity contribution in [1.82, 2.24) is 25.1 Å². The number of rotatable bonds is 4. The smallest absolute Gasteiger partial charge is 0.258 e. The summed E-state index contributed by atoms with van der Waals surface area (Å²) in [5.74, 6) is 0.892. The third-order valence-corrected chi connectivity index (χ3v) is 4.19. The van der Waals surface area contributed by atoms with Gasteiger partial charge in [-0.25, -0.2) is 4.98 Å². The second kappa shape index (κ2) is 6.95. The maximum Gasteiger partial charge on any atom is 0.258 e. The van der Waals surface area contributed by atoms with Gasteiger partial charge < -0.3 is 0 Å². The van der Waals surface area contributed by atoms with E-state index in [4.69, 9.17) is 0 Å². The number of nitrogens with zero attached hydrogens (tertiary/aromatic N) is 4. The minimum atomic E-state index is -0.284. The molecule has 1 amide bonds. The number of carbonyl (C=O) groups is 1. The van der Waals surface area contributed by atoms with Crippen molar-refractivity contribution >= 4 is 22.8 Å². The molecule has 0 fully saturated rings. The number of benzene rings is 1. The van der Waals surface area contributed by atoms with Crippen molar-refractivity contribution in [3.63, 3.8) is 0 Å². The summed E-state index contributed by atoms with van der Waals surface area (Å²) in [6.07, 6.45) is 3.43. The van der Waals surface area contributed by atoms with Crippen molar-refractivity contribution in [3.05, 3.63) is 66.2 Å². The van der Waals surface area contributed by atoms with Gasteiger partial charge in [-0.05, 0) is 24.3 Å². The molecular weight excluding hydrogens is 340 g/mol. The number of hydrogen-bond acceptors (Lipinski definition) is 5. The van der Waals surface area contributed by atoms with Crippen LogP contribution in [0.1, 0.15) is 35.9 Å². The summed E-state index contributed by atoms with van der Waals surface area (Å²) in [6.45, 7) is 4.01. The molecule has 2 N–H and O–H groups in total. The highest BCUT2D eigenvalue weighted by Gasteiger charge is 2.16. The number of para-hydroxylation sites is 1. The van der Waals surface area contributed by atoms with Gasteiger partial charge in [0, 0.05) is 29.3 Å². The predicted octanol–water partition coefficient (Wildman–Crippen LogP) is 3.79. The van der Waals surface area contributed by atoms with Crippen LogP contribution in [-0.4, -0.2) is 31.1 Å². The van der Waals surface area contributed by atoms with Gasteiger partial charge in [-0.2, -0.15) is 4.98 Å². The monoisotopic (exact) mass is 358 g/mol. The number of anilines is 1. The van der Waals surface area contributed by atoms with Gasteiger partial charge in [0.15, 0.2) is 0 Å². The largest absolute Gasteiger partial charge is 0.289 e. The maximum absolute atomic E-state index is 12.9. The number of fused-ring (bicyclic) bond motifs is 1. The van der Waals surface area contributed by atoms with Crippen LogP contribution in [0.25, 0.3) is 22.2 Å². The van der Waals surface area contributed by atoms with E-state index in [9.17, 15) is 4.79 Å². The second-order valence-corrected chi connectivity index (χ2v) is 6.47. The van der Waals surface area contributed by atoms with Crippen molar-refractivity contribution in [2.75, 3.05) is 5.32 Å². The highest BCUT2D eigenvalue weighted by molar-refractivity contribution is 6.12. The molecule has 7 nitrogen and oxygen atoms in total. The molecule has 4 aromatic rings. The molecule has 27 heavy (non-hydrogen) atoms. The van der Waals surface area contributed by atoms with Crippen LogP contribution < -0.4 is 5.32 Å². The summed E-state index contributed by atoms with van der Waals surface area (Å²) < 4.78 is 0. The Labute approximate surface area is 155 Å². The summed E-state index contributed by atoms with van der Waals surface area (Å²) in [5, 5.41) is 10.4. The molecule has 0 bridgehead atoms. The molecule has 0 aliphatic heterocycles. The number of pyridine rings is 2. The molecule has 1 aromatic carbocycles. The molecule has 0 radical (unpaired) electrons. The van der Waals surface area contributed by atoms with Gasteiger partial charge in [0.25, 0.3) is 5.91 Å². The second-order valence-electron chi connectivity index (χ2n) is 6.47. The van der Waals surface area contributed by atoms with E-state index in [0.29, 0.717) is 11.3 Å². The summed E-state index contributed by atoms with van der Waals surface area (Å²) in [6, 6.07) is 13.1. The Morgan fingerprint density at radius 2 is 1.96 bits per heavy atom. The standard InChI is InChI=1S/C20H18N6O/c1-12(2)18-23-20(26-25-18)24-19(27)15-10-17(13-6-5-9-21-11-13)22-16-8-4-3-7-14(15)16/h3-12H,1-2H3,(H2,23,24,25,26,27). The molecule has 0 saturated carbocycles. The number of H-pyrrole nitrogens is 1. The Balaban J connectivity index is 1.76. The highest BCUT2D eigenvalue weighted by Crippen LogP contribution is 2.25. The molecule has 0 unspecified atom stereocenters. The van der Waals surface area contributed by atoms with Crippen molar-refractivity contribution in [3.8, 4) is 11.3 Å². The molecule has 134 valence electrons. The molecule has 3 heterocycles. The van der Waals surface area contributed by atoms with E-state index >= 15 is 0 Å². The van der Waals surface area contributed by atoms with Crippen molar-refractivity contribution in [2.24, 2.45) is 0 Å². The third kappa shape index (κ3) is 3.39. The van der Waals surface area contributed by atoms with Crippen LogP contribution in [-0.2, 0) is 0 Å². The van der Waals surface area contributed by atoms with Crippen LogP contribution in [0.5, 0.6) is 0 Å². The fourth-order valence-electron chi connectivity index (χ4n) is 2.78. The zero-order valence-corrected chi connectivity index (χ0v) is 15.0. The van der Waals surface area contributed by atoms with E-state index in [-0.39, 0.29) is 17.8 Å². The lowest BCUT2D eigenvalue weighted by Crippen LogP contribution is -2.14. The van der Waals surface area contributed by atoms with Crippen LogP contribution >= 0.6 is 0 Å². The molecule has 0 aliphatic carbocycles. The van der Waals surface area contributed by atoms with E-state index in [2.05, 4.69) is 30.5 Å². The number of aromatic amines is 1. The molecule has 4 rings (SSSR count). The number of nitrogens with one attached hydrogen (secondary N) is 2. The summed E-state index contributed by atoms with van der Waals surface area (Å²) in [7, 11) is 0. The van der Waals surface area contributed by atoms with E-state index in [0.717, 1.165) is 22.3 Å². The van der Waals surface area contributed by atoms with Gasteiger partial charge in [-0.3, -0.25) is 20.2 Å². The Morgan fingerprint density at radius 1 is 1.11 bits per heavy atom. The molecule has 3 aromatic heterocycles. The van der Waals surface area contributed by atoms with Crippen molar-refractivity contribution < 1.29 is 4.79 Å². The van der Waals surface area contributed by atoms with Crippen LogP contribution in [0.2, 0.25) is 0 Å². The third-order valence-electron chi connectivity index (χ3n) is 4.19. The Kier molecular flexibility index (Phi) is 4.33. The van der Waals surface area contributed by atoms with Crippen LogP contribution in [0, 0.1) is 0 Å². The summed E-state index contributed by atoms with van der Waals surface area (Å²) in [4.78, 5) is 26.1. The Bertz CT molecular complexity index is 1100. The first kappa shape index (κ1) is 16.8. The molecule has 0 spiro atoms. The summed E-state index contributed by atoms with van der Waals surface area (Å²) >= 11 is 0. The minimum absolute atomic E-state index is 0.196. The van der Waals surface area contributed by atoms with Gasteiger partial charge in [-0.15, -0.1) is 5.10 Å². The van der Waals surface area contributed by atoms with Crippen molar-refractivity contribution in [1.29, 1.82) is 0 Å². The lowest BCUT2D eigenvalue weighted by Gasteiger charge is -2.09. The van der Waals surface area contributed by atoms with Gasteiger partial charge in [0.2, 0.25) is 5.95 Å². The number of aromatic nitrogens is 5. The quantitative estimate of drug-likeness (QED) is 0.578. The van der Waals surface area contributed by atoms with E-state index in [1.165, 1.54) is 0 Å². The average molecular weight is 358 g/mol. The van der Waals surface area contributed by atoms with Crippen molar-refractivity contribution in [2.45, 2.75) is 19.8 Å². The zero-order chi connectivity index (χ0) is 18.8. The van der Waals surface area contributed by atoms with Gasteiger partial charge in [-0.1, -0.05) is 32.0 Å². The lowest BCUT2D eigenvalue weighted by molar-refractivity contribution is 0.102. The predicted molar refractivity (Wildman–Crippen MR) is 103 cm³/mol. The number of hydrogen-bond donors (Lipinski definition) is 2. The average Bonchev–Trinajstić information content (AvgIpc) is 3.16.